The molecule has 1 aliphatic carbocycles. The van der Waals surface area contributed by atoms with Gasteiger partial charge in [0.2, 0.25) is 0 Å². The van der Waals surface area contributed by atoms with Crippen molar-refractivity contribution in [1.82, 2.24) is 0 Å². The first-order valence-corrected chi connectivity index (χ1v) is 7.62. The van der Waals surface area contributed by atoms with Crippen LogP contribution in [0.4, 0.5) is 0 Å². The van der Waals surface area contributed by atoms with Crippen LogP contribution in [-0.4, -0.2) is 17.5 Å². The number of hydrogen-bond donors (Lipinski definition) is 1. The smallest absolute Gasteiger partial charge is 0.188 e. The quantitative estimate of drug-likeness (QED) is 0.834. The number of ether oxygens (including phenoxy) is 1. The summed E-state index contributed by atoms with van der Waals surface area (Å²) < 4.78 is 5.76. The first-order valence-electron chi connectivity index (χ1n) is 7.24. The molecule has 4 heteroatoms. The number of ketones is 1. The molecule has 0 atom stereocenters. The fourth-order valence-corrected chi connectivity index (χ4v) is 2.58. The standard InChI is InChI=1S/C18H17ClO3/c1-18(8-9-18)13-4-7-17(15(19)10-13)22-14-5-2-12(3-6-14)16(21)11-20/h2-7,10,20H,8-9,11H2,1H3. The van der Waals surface area contributed by atoms with Crippen molar-refractivity contribution < 1.29 is 14.6 Å². The topological polar surface area (TPSA) is 46.5 Å². The van der Waals surface area contributed by atoms with Crippen molar-refractivity contribution in [3.05, 3.63) is 58.6 Å². The summed E-state index contributed by atoms with van der Waals surface area (Å²) in [5.41, 5.74) is 1.97. The molecule has 1 aliphatic rings. The zero-order valence-corrected chi connectivity index (χ0v) is 13.1. The van der Waals surface area contributed by atoms with Crippen LogP contribution in [0.15, 0.2) is 42.5 Å². The lowest BCUT2D eigenvalue weighted by molar-refractivity contribution is 0.0903. The molecule has 1 saturated carbocycles. The van der Waals surface area contributed by atoms with E-state index in [-0.39, 0.29) is 11.2 Å². The van der Waals surface area contributed by atoms with Gasteiger partial charge in [-0.1, -0.05) is 24.6 Å². The molecule has 2 aromatic rings. The molecule has 1 fully saturated rings. The molecule has 0 saturated heterocycles. The number of rotatable bonds is 5. The van der Waals surface area contributed by atoms with E-state index in [4.69, 9.17) is 21.4 Å². The zero-order chi connectivity index (χ0) is 15.7. The Morgan fingerprint density at radius 2 is 1.91 bits per heavy atom. The van der Waals surface area contributed by atoms with E-state index in [9.17, 15) is 4.79 Å². The molecule has 3 nitrogen and oxygen atoms in total. The summed E-state index contributed by atoms with van der Waals surface area (Å²) in [5, 5.41) is 9.41. The summed E-state index contributed by atoms with van der Waals surface area (Å²) >= 11 is 6.31. The van der Waals surface area contributed by atoms with Gasteiger partial charge in [0.1, 0.15) is 18.1 Å². The second kappa shape index (κ2) is 5.75. The lowest BCUT2D eigenvalue weighted by Crippen LogP contribution is -2.03. The normalized spacial score (nSPS) is 15.4. The Balaban J connectivity index is 1.77. The summed E-state index contributed by atoms with van der Waals surface area (Å²) in [5.74, 6) is 0.879. The summed E-state index contributed by atoms with van der Waals surface area (Å²) in [6.45, 7) is 1.74. The number of benzene rings is 2. The number of halogens is 1. The molecule has 3 rings (SSSR count). The van der Waals surface area contributed by atoms with Crippen LogP contribution in [-0.2, 0) is 5.41 Å². The van der Waals surface area contributed by atoms with E-state index >= 15 is 0 Å². The third-order valence-electron chi connectivity index (χ3n) is 4.18. The SMILES string of the molecule is CC1(c2ccc(Oc3ccc(C(=O)CO)cc3)c(Cl)c2)CC1. The monoisotopic (exact) mass is 316 g/mol. The Kier molecular flexibility index (Phi) is 3.94. The number of Topliss-reactive ketones (excluding diaryl/α,β-unsaturated/α-hetero) is 1. The van der Waals surface area contributed by atoms with Gasteiger partial charge in [-0.05, 0) is 60.2 Å². The molecular weight excluding hydrogens is 300 g/mol. The van der Waals surface area contributed by atoms with Gasteiger partial charge < -0.3 is 9.84 Å². The largest absolute Gasteiger partial charge is 0.456 e. The van der Waals surface area contributed by atoms with Crippen molar-refractivity contribution in [2.24, 2.45) is 0 Å². The minimum atomic E-state index is -0.494. The Morgan fingerprint density at radius 3 is 2.45 bits per heavy atom. The van der Waals surface area contributed by atoms with E-state index in [1.807, 2.05) is 12.1 Å². The van der Waals surface area contributed by atoms with Crippen molar-refractivity contribution >= 4 is 17.4 Å². The maximum absolute atomic E-state index is 11.4. The third kappa shape index (κ3) is 3.01. The fraction of sp³-hybridized carbons (Fsp3) is 0.278. The molecule has 114 valence electrons. The molecule has 0 bridgehead atoms. The van der Waals surface area contributed by atoms with Crippen LogP contribution in [0, 0.1) is 0 Å². The summed E-state index contributed by atoms with van der Waals surface area (Å²) in [6, 6.07) is 12.5. The van der Waals surface area contributed by atoms with Crippen LogP contribution in [0.25, 0.3) is 0 Å². The van der Waals surface area contributed by atoms with Crippen LogP contribution < -0.4 is 4.74 Å². The average Bonchev–Trinajstić information content (AvgIpc) is 3.28. The maximum atomic E-state index is 11.4. The highest BCUT2D eigenvalue weighted by Gasteiger charge is 2.39. The van der Waals surface area contributed by atoms with Gasteiger partial charge in [0.25, 0.3) is 0 Å². The van der Waals surface area contributed by atoms with Crippen LogP contribution in [0.1, 0.15) is 35.7 Å². The fourth-order valence-electron chi connectivity index (χ4n) is 2.36. The van der Waals surface area contributed by atoms with Gasteiger partial charge in [0, 0.05) is 5.56 Å². The Hall–Kier alpha value is -1.84. The van der Waals surface area contributed by atoms with Crippen LogP contribution in [0.2, 0.25) is 5.02 Å². The number of carbonyl (C=O) groups is 1. The van der Waals surface area contributed by atoms with Crippen molar-refractivity contribution in [2.75, 3.05) is 6.61 Å². The van der Waals surface area contributed by atoms with Crippen LogP contribution in [0.3, 0.4) is 0 Å². The summed E-state index contributed by atoms with van der Waals surface area (Å²) in [4.78, 5) is 11.4. The minimum absolute atomic E-state index is 0.272. The van der Waals surface area contributed by atoms with Gasteiger partial charge in [0.15, 0.2) is 5.78 Å². The predicted octanol–water partition coefficient (Wildman–Crippen LogP) is 4.36. The van der Waals surface area contributed by atoms with Crippen molar-refractivity contribution in [3.63, 3.8) is 0 Å². The summed E-state index contributed by atoms with van der Waals surface area (Å²) in [6.07, 6.45) is 2.40. The van der Waals surface area contributed by atoms with E-state index in [1.165, 1.54) is 18.4 Å². The Bertz CT molecular complexity index is 703. The molecule has 2 aromatic carbocycles. The second-order valence-electron chi connectivity index (χ2n) is 5.91. The van der Waals surface area contributed by atoms with Gasteiger partial charge in [-0.2, -0.15) is 0 Å². The van der Waals surface area contributed by atoms with Crippen molar-refractivity contribution in [3.8, 4) is 11.5 Å². The Labute approximate surface area is 134 Å². The van der Waals surface area contributed by atoms with Gasteiger partial charge in [-0.3, -0.25) is 4.79 Å². The summed E-state index contributed by atoms with van der Waals surface area (Å²) in [7, 11) is 0. The highest BCUT2D eigenvalue weighted by molar-refractivity contribution is 6.32. The number of aliphatic hydroxyl groups is 1. The molecule has 0 heterocycles. The van der Waals surface area contributed by atoms with E-state index in [1.54, 1.807) is 24.3 Å². The highest BCUT2D eigenvalue weighted by atomic mass is 35.5. The lowest BCUT2D eigenvalue weighted by atomic mass is 9.98. The first-order chi connectivity index (χ1) is 10.5. The van der Waals surface area contributed by atoms with Gasteiger partial charge in [-0.25, -0.2) is 0 Å². The number of hydrogen-bond acceptors (Lipinski definition) is 3. The molecule has 0 aromatic heterocycles. The van der Waals surface area contributed by atoms with E-state index < -0.39 is 6.61 Å². The first kappa shape index (κ1) is 15.1. The lowest BCUT2D eigenvalue weighted by Gasteiger charge is -2.12. The molecule has 22 heavy (non-hydrogen) atoms. The van der Waals surface area contributed by atoms with Crippen molar-refractivity contribution in [1.29, 1.82) is 0 Å². The highest BCUT2D eigenvalue weighted by Crippen LogP contribution is 2.49. The van der Waals surface area contributed by atoms with Gasteiger partial charge in [0.05, 0.1) is 5.02 Å². The maximum Gasteiger partial charge on any atom is 0.188 e. The second-order valence-corrected chi connectivity index (χ2v) is 6.32. The molecule has 1 N–H and O–H groups in total. The number of carbonyl (C=O) groups excluding carboxylic acids is 1. The van der Waals surface area contributed by atoms with E-state index in [2.05, 4.69) is 13.0 Å². The molecule has 0 unspecified atom stereocenters. The molecule has 0 radical (unpaired) electrons. The van der Waals surface area contributed by atoms with Gasteiger partial charge in [-0.15, -0.1) is 0 Å². The molecule has 0 aliphatic heterocycles. The molecule has 0 spiro atoms. The van der Waals surface area contributed by atoms with E-state index in [0.717, 1.165) is 0 Å². The average molecular weight is 317 g/mol. The van der Waals surface area contributed by atoms with Gasteiger partial charge >= 0.3 is 0 Å². The Morgan fingerprint density at radius 1 is 1.23 bits per heavy atom. The number of aliphatic hydroxyl groups excluding tert-OH is 1. The van der Waals surface area contributed by atoms with Crippen LogP contribution >= 0.6 is 11.6 Å². The molecular formula is C18H17ClO3. The van der Waals surface area contributed by atoms with Crippen molar-refractivity contribution in [2.45, 2.75) is 25.2 Å². The van der Waals surface area contributed by atoms with E-state index in [0.29, 0.717) is 22.1 Å². The minimum Gasteiger partial charge on any atom is -0.456 e. The predicted molar refractivity (Wildman–Crippen MR) is 86.0 cm³/mol. The third-order valence-corrected chi connectivity index (χ3v) is 4.47. The zero-order valence-electron chi connectivity index (χ0n) is 12.3. The molecule has 0 amide bonds. The van der Waals surface area contributed by atoms with Crippen LogP contribution in [0.5, 0.6) is 11.5 Å².